The van der Waals surface area contributed by atoms with Gasteiger partial charge in [0.05, 0.1) is 22.7 Å². The zero-order chi connectivity index (χ0) is 18.8. The van der Waals surface area contributed by atoms with Crippen molar-refractivity contribution in [2.45, 2.75) is 32.2 Å². The van der Waals surface area contributed by atoms with E-state index in [1.807, 2.05) is 13.8 Å². The first-order valence-electron chi connectivity index (χ1n) is 8.26. The molecule has 0 spiro atoms. The van der Waals surface area contributed by atoms with Crippen molar-refractivity contribution in [3.63, 3.8) is 0 Å². The number of hydrogen-bond acceptors (Lipinski definition) is 5. The molecule has 1 N–H and O–H groups in total. The fourth-order valence-electron chi connectivity index (χ4n) is 2.92. The molecule has 0 saturated carbocycles. The molecule has 0 saturated heterocycles. The molecular weight excluding hydrogens is 374 g/mol. The highest BCUT2D eigenvalue weighted by molar-refractivity contribution is 7.14. The highest BCUT2D eigenvalue weighted by atomic mass is 35.5. The van der Waals surface area contributed by atoms with Crippen LogP contribution in [0.1, 0.15) is 46.7 Å². The van der Waals surface area contributed by atoms with Gasteiger partial charge in [-0.2, -0.15) is 0 Å². The molecule has 0 aliphatic carbocycles. The third-order valence-electron chi connectivity index (χ3n) is 4.47. The van der Waals surface area contributed by atoms with Crippen LogP contribution in [0, 0.1) is 5.92 Å². The maximum Gasteiger partial charge on any atom is 0.262 e. The maximum absolute atomic E-state index is 12.9. The molecule has 6 nitrogen and oxygen atoms in total. The first-order chi connectivity index (χ1) is 12.5. The van der Waals surface area contributed by atoms with Gasteiger partial charge in [0.15, 0.2) is 5.13 Å². The molecule has 3 rings (SSSR count). The van der Waals surface area contributed by atoms with E-state index in [2.05, 4.69) is 10.3 Å². The summed E-state index contributed by atoms with van der Waals surface area (Å²) in [6.07, 6.45) is 0.635. The first kappa shape index (κ1) is 18.5. The second-order valence-corrected chi connectivity index (χ2v) is 7.25. The molecule has 1 aromatic heterocycles. The summed E-state index contributed by atoms with van der Waals surface area (Å²) in [5.74, 6) is -1.26. The van der Waals surface area contributed by atoms with Gasteiger partial charge in [-0.1, -0.05) is 32.4 Å². The number of fused-ring (bicyclic) bond motifs is 1. The first-order valence-corrected chi connectivity index (χ1v) is 9.67. The lowest BCUT2D eigenvalue weighted by atomic mass is 9.96. The number of hydrogen-bond donors (Lipinski definition) is 1. The lowest BCUT2D eigenvalue weighted by Gasteiger charge is -2.29. The van der Waals surface area contributed by atoms with Crippen molar-refractivity contribution in [2.75, 3.05) is 5.32 Å². The maximum atomic E-state index is 12.9. The minimum atomic E-state index is -0.907. The van der Waals surface area contributed by atoms with E-state index in [0.717, 1.165) is 4.90 Å². The van der Waals surface area contributed by atoms with Gasteiger partial charge in [0.1, 0.15) is 6.04 Å². The van der Waals surface area contributed by atoms with Gasteiger partial charge >= 0.3 is 0 Å². The molecular formula is C18H18ClN3O3S. The zero-order valence-electron chi connectivity index (χ0n) is 14.4. The van der Waals surface area contributed by atoms with Gasteiger partial charge in [-0.05, 0) is 18.1 Å². The van der Waals surface area contributed by atoms with Crippen LogP contribution in [0.25, 0.3) is 0 Å². The molecule has 2 atom stereocenters. The van der Waals surface area contributed by atoms with Crippen molar-refractivity contribution in [3.05, 3.63) is 46.5 Å². The summed E-state index contributed by atoms with van der Waals surface area (Å²) in [6, 6.07) is 5.71. The molecule has 0 fully saturated rings. The minimum Gasteiger partial charge on any atom is -0.300 e. The van der Waals surface area contributed by atoms with Crippen LogP contribution < -0.4 is 5.32 Å². The van der Waals surface area contributed by atoms with Gasteiger partial charge in [-0.15, -0.1) is 22.9 Å². The van der Waals surface area contributed by atoms with Crippen LogP contribution in [0.5, 0.6) is 0 Å². The van der Waals surface area contributed by atoms with Gasteiger partial charge in [0.25, 0.3) is 11.8 Å². The molecule has 2 aromatic rings. The molecule has 3 amide bonds. The third-order valence-corrected chi connectivity index (χ3v) is 5.55. The quantitative estimate of drug-likeness (QED) is 0.603. The SMILES string of the molecule is CCC(C)C(C(=O)Nc1nc(CCl)cs1)N1C(=O)c2ccccc2C1=O. The monoisotopic (exact) mass is 391 g/mol. The van der Waals surface area contributed by atoms with E-state index in [-0.39, 0.29) is 11.8 Å². The number of carbonyl (C=O) groups excluding carboxylic acids is 3. The summed E-state index contributed by atoms with van der Waals surface area (Å²) in [7, 11) is 0. The number of amides is 3. The van der Waals surface area contributed by atoms with Crippen molar-refractivity contribution in [1.29, 1.82) is 0 Å². The van der Waals surface area contributed by atoms with Crippen LogP contribution >= 0.6 is 22.9 Å². The van der Waals surface area contributed by atoms with Gasteiger partial charge in [0.2, 0.25) is 5.91 Å². The van der Waals surface area contributed by atoms with Crippen molar-refractivity contribution < 1.29 is 14.4 Å². The van der Waals surface area contributed by atoms with E-state index >= 15 is 0 Å². The molecule has 2 heterocycles. The van der Waals surface area contributed by atoms with Crippen LogP contribution in [0.3, 0.4) is 0 Å². The summed E-state index contributed by atoms with van der Waals surface area (Å²) in [5.41, 5.74) is 1.32. The van der Waals surface area contributed by atoms with E-state index < -0.39 is 23.8 Å². The normalized spacial score (nSPS) is 15.7. The molecule has 2 unspecified atom stereocenters. The number of halogens is 1. The average Bonchev–Trinajstić information content (AvgIpc) is 3.20. The molecule has 1 aromatic carbocycles. The van der Waals surface area contributed by atoms with Crippen LogP contribution in [-0.2, 0) is 10.7 Å². The molecule has 136 valence electrons. The fraction of sp³-hybridized carbons (Fsp3) is 0.333. The van der Waals surface area contributed by atoms with E-state index in [4.69, 9.17) is 11.6 Å². The fourth-order valence-corrected chi connectivity index (χ4v) is 3.86. The Morgan fingerprint density at radius 3 is 2.38 bits per heavy atom. The average molecular weight is 392 g/mol. The Labute approximate surface area is 160 Å². The van der Waals surface area contributed by atoms with Crippen LogP contribution in [0.15, 0.2) is 29.6 Å². The molecule has 1 aliphatic rings. The summed E-state index contributed by atoms with van der Waals surface area (Å²) < 4.78 is 0. The van der Waals surface area contributed by atoms with Gasteiger partial charge in [-0.25, -0.2) is 4.98 Å². The second-order valence-electron chi connectivity index (χ2n) is 6.12. The van der Waals surface area contributed by atoms with E-state index in [9.17, 15) is 14.4 Å². The van der Waals surface area contributed by atoms with Crippen LogP contribution in [0.2, 0.25) is 0 Å². The second kappa shape index (κ2) is 7.55. The Bertz CT molecular complexity index is 832. The van der Waals surface area contributed by atoms with Crippen molar-refractivity contribution >= 4 is 45.8 Å². The summed E-state index contributed by atoms with van der Waals surface area (Å²) in [6.45, 7) is 3.76. The van der Waals surface area contributed by atoms with Gasteiger partial charge in [-0.3, -0.25) is 19.3 Å². The molecule has 26 heavy (non-hydrogen) atoms. The zero-order valence-corrected chi connectivity index (χ0v) is 15.9. The van der Waals surface area contributed by atoms with Gasteiger partial charge in [0, 0.05) is 5.38 Å². The lowest BCUT2D eigenvalue weighted by Crippen LogP contribution is -2.50. The topological polar surface area (TPSA) is 79.4 Å². The number of nitrogens with one attached hydrogen (secondary N) is 1. The Kier molecular flexibility index (Phi) is 5.38. The summed E-state index contributed by atoms with van der Waals surface area (Å²) in [5, 5.41) is 4.87. The molecule has 0 radical (unpaired) electrons. The number of benzene rings is 1. The number of aromatic nitrogens is 1. The van der Waals surface area contributed by atoms with E-state index in [1.54, 1.807) is 29.6 Å². The number of imide groups is 1. The minimum absolute atomic E-state index is 0.204. The van der Waals surface area contributed by atoms with Crippen LogP contribution in [0.4, 0.5) is 5.13 Å². The number of nitrogens with zero attached hydrogens (tertiary/aromatic N) is 2. The number of carbonyl (C=O) groups is 3. The molecule has 0 bridgehead atoms. The predicted octanol–water partition coefficient (Wildman–Crippen LogP) is 3.53. The summed E-state index contributed by atoms with van der Waals surface area (Å²) in [4.78, 5) is 43.7. The number of rotatable bonds is 6. The predicted molar refractivity (Wildman–Crippen MR) is 100 cm³/mol. The summed E-state index contributed by atoms with van der Waals surface area (Å²) >= 11 is 6.99. The van der Waals surface area contributed by atoms with Crippen molar-refractivity contribution in [3.8, 4) is 0 Å². The lowest BCUT2D eigenvalue weighted by molar-refractivity contribution is -0.121. The highest BCUT2D eigenvalue weighted by Gasteiger charge is 2.44. The smallest absolute Gasteiger partial charge is 0.262 e. The third kappa shape index (κ3) is 3.24. The Balaban J connectivity index is 1.90. The standard InChI is InChI=1S/C18H18ClN3O3S/c1-3-10(2)14(15(23)21-18-20-11(8-19)9-26-18)22-16(24)12-6-4-5-7-13(12)17(22)25/h4-7,9-10,14H,3,8H2,1-2H3,(H,20,21,23). The van der Waals surface area contributed by atoms with Crippen LogP contribution in [-0.4, -0.2) is 33.6 Å². The Morgan fingerprint density at radius 1 is 1.27 bits per heavy atom. The molecule has 1 aliphatic heterocycles. The number of thiazole rings is 1. The number of anilines is 1. The molecule has 8 heteroatoms. The van der Waals surface area contributed by atoms with Crippen molar-refractivity contribution in [2.24, 2.45) is 5.92 Å². The largest absolute Gasteiger partial charge is 0.300 e. The highest BCUT2D eigenvalue weighted by Crippen LogP contribution is 2.29. The van der Waals surface area contributed by atoms with Gasteiger partial charge < -0.3 is 5.32 Å². The Morgan fingerprint density at radius 2 is 1.88 bits per heavy atom. The number of alkyl halides is 1. The van der Waals surface area contributed by atoms with E-state index in [0.29, 0.717) is 28.4 Å². The van der Waals surface area contributed by atoms with Crippen molar-refractivity contribution in [1.82, 2.24) is 9.88 Å². The van der Waals surface area contributed by atoms with E-state index in [1.165, 1.54) is 11.3 Å². The Hall–Kier alpha value is -2.25.